The third-order valence-electron chi connectivity index (χ3n) is 2.47. The van der Waals surface area contributed by atoms with Crippen molar-refractivity contribution in [2.75, 3.05) is 6.61 Å². The smallest absolute Gasteiger partial charge is 0.353 e. The van der Waals surface area contributed by atoms with Crippen LogP contribution in [0.3, 0.4) is 0 Å². The standard InChI is InChI=1S/C15H14O4S/c1-2-9-18-14(16)11-6-3-4-7-12(11)19-15(17)13-8-5-10-20-13/h3-8,10H,2,9H2,1H3. The Kier molecular flexibility index (Phi) is 4.90. The van der Waals surface area contributed by atoms with Gasteiger partial charge in [0.1, 0.15) is 16.2 Å². The first kappa shape index (κ1) is 14.3. The Bertz CT molecular complexity index is 590. The summed E-state index contributed by atoms with van der Waals surface area (Å²) >= 11 is 1.29. The maximum atomic E-state index is 11.9. The largest absolute Gasteiger partial charge is 0.462 e. The summed E-state index contributed by atoms with van der Waals surface area (Å²) in [6.07, 6.45) is 0.739. The van der Waals surface area contributed by atoms with Crippen molar-refractivity contribution in [2.24, 2.45) is 0 Å². The van der Waals surface area contributed by atoms with Crippen LogP contribution in [0.25, 0.3) is 0 Å². The molecule has 0 N–H and O–H groups in total. The molecule has 0 fully saturated rings. The van der Waals surface area contributed by atoms with Crippen LogP contribution in [0.5, 0.6) is 5.75 Å². The lowest BCUT2D eigenvalue weighted by atomic mass is 10.2. The van der Waals surface area contributed by atoms with E-state index in [0.717, 1.165) is 6.42 Å². The first-order chi connectivity index (χ1) is 9.72. The van der Waals surface area contributed by atoms with Crippen LogP contribution in [0.1, 0.15) is 33.4 Å². The van der Waals surface area contributed by atoms with Crippen molar-refractivity contribution in [1.29, 1.82) is 0 Å². The predicted molar refractivity (Wildman–Crippen MR) is 76.3 cm³/mol. The molecule has 2 rings (SSSR count). The maximum absolute atomic E-state index is 11.9. The minimum atomic E-state index is -0.485. The summed E-state index contributed by atoms with van der Waals surface area (Å²) in [6, 6.07) is 10.00. The zero-order chi connectivity index (χ0) is 14.4. The van der Waals surface area contributed by atoms with Crippen LogP contribution in [-0.4, -0.2) is 18.5 Å². The minimum absolute atomic E-state index is 0.215. The van der Waals surface area contributed by atoms with Gasteiger partial charge in [0.05, 0.1) is 6.61 Å². The number of esters is 2. The van der Waals surface area contributed by atoms with E-state index < -0.39 is 11.9 Å². The van der Waals surface area contributed by atoms with E-state index in [1.165, 1.54) is 11.3 Å². The summed E-state index contributed by atoms with van der Waals surface area (Å²) < 4.78 is 10.3. The number of benzene rings is 1. The van der Waals surface area contributed by atoms with Crippen LogP contribution in [0.2, 0.25) is 0 Å². The summed E-state index contributed by atoms with van der Waals surface area (Å²) in [6.45, 7) is 2.25. The average Bonchev–Trinajstić information content (AvgIpc) is 2.99. The van der Waals surface area contributed by atoms with Gasteiger partial charge in [0.2, 0.25) is 0 Å². The van der Waals surface area contributed by atoms with E-state index in [-0.39, 0.29) is 11.3 Å². The van der Waals surface area contributed by atoms with Crippen LogP contribution in [0, 0.1) is 0 Å². The molecule has 0 amide bonds. The van der Waals surface area contributed by atoms with Gasteiger partial charge in [-0.1, -0.05) is 25.1 Å². The molecule has 0 aliphatic heterocycles. The van der Waals surface area contributed by atoms with Crippen LogP contribution < -0.4 is 4.74 Å². The molecular formula is C15H14O4S. The van der Waals surface area contributed by atoms with Crippen molar-refractivity contribution in [3.63, 3.8) is 0 Å². The number of thiophene rings is 1. The summed E-state index contributed by atoms with van der Waals surface area (Å²) in [4.78, 5) is 24.3. The summed E-state index contributed by atoms with van der Waals surface area (Å²) in [5.41, 5.74) is 0.255. The summed E-state index contributed by atoms with van der Waals surface area (Å²) in [7, 11) is 0. The number of rotatable bonds is 5. The molecule has 1 aromatic heterocycles. The Morgan fingerprint density at radius 3 is 2.60 bits per heavy atom. The SMILES string of the molecule is CCCOC(=O)c1ccccc1OC(=O)c1cccs1. The fourth-order valence-corrected chi connectivity index (χ4v) is 2.14. The zero-order valence-corrected chi connectivity index (χ0v) is 11.8. The van der Waals surface area contributed by atoms with Crippen LogP contribution in [-0.2, 0) is 4.74 Å². The van der Waals surface area contributed by atoms with Crippen molar-refractivity contribution in [2.45, 2.75) is 13.3 Å². The Labute approximate surface area is 121 Å². The molecule has 1 aromatic carbocycles. The lowest BCUT2D eigenvalue weighted by Gasteiger charge is -2.08. The van der Waals surface area contributed by atoms with Crippen LogP contribution in [0.15, 0.2) is 41.8 Å². The van der Waals surface area contributed by atoms with Gasteiger partial charge >= 0.3 is 11.9 Å². The van der Waals surface area contributed by atoms with Gasteiger partial charge in [-0.3, -0.25) is 0 Å². The summed E-state index contributed by atoms with van der Waals surface area (Å²) in [5.74, 6) is -0.746. The predicted octanol–water partition coefficient (Wildman–Crippen LogP) is 3.53. The van der Waals surface area contributed by atoms with Gasteiger partial charge in [0, 0.05) is 0 Å². The molecule has 0 saturated heterocycles. The fraction of sp³-hybridized carbons (Fsp3) is 0.200. The fourth-order valence-electron chi connectivity index (χ4n) is 1.54. The van der Waals surface area contributed by atoms with Crippen molar-refractivity contribution < 1.29 is 19.1 Å². The second-order valence-corrected chi connectivity index (χ2v) is 4.95. The third-order valence-corrected chi connectivity index (χ3v) is 3.32. The molecule has 2 aromatic rings. The van der Waals surface area contributed by atoms with Gasteiger partial charge in [0.15, 0.2) is 0 Å². The second kappa shape index (κ2) is 6.86. The van der Waals surface area contributed by atoms with Crippen molar-refractivity contribution >= 4 is 23.3 Å². The van der Waals surface area contributed by atoms with E-state index in [1.807, 2.05) is 6.92 Å². The van der Waals surface area contributed by atoms with E-state index in [9.17, 15) is 9.59 Å². The highest BCUT2D eigenvalue weighted by Gasteiger charge is 2.17. The molecule has 104 valence electrons. The first-order valence-corrected chi connectivity index (χ1v) is 7.12. The maximum Gasteiger partial charge on any atom is 0.353 e. The van der Waals surface area contributed by atoms with Gasteiger partial charge in [-0.2, -0.15) is 0 Å². The Hall–Kier alpha value is -2.14. The number of ether oxygens (including phenoxy) is 2. The topological polar surface area (TPSA) is 52.6 Å². The number of carbonyl (C=O) groups is 2. The van der Waals surface area contributed by atoms with Crippen LogP contribution >= 0.6 is 11.3 Å². The minimum Gasteiger partial charge on any atom is -0.462 e. The second-order valence-electron chi connectivity index (χ2n) is 4.00. The van der Waals surface area contributed by atoms with Gasteiger partial charge in [-0.25, -0.2) is 9.59 Å². The van der Waals surface area contributed by atoms with Crippen molar-refractivity contribution in [3.8, 4) is 5.75 Å². The number of hydrogen-bond donors (Lipinski definition) is 0. The molecule has 0 aliphatic rings. The highest BCUT2D eigenvalue weighted by atomic mass is 32.1. The Balaban J connectivity index is 2.15. The Morgan fingerprint density at radius 2 is 1.90 bits per heavy atom. The molecule has 0 aliphatic carbocycles. The molecule has 5 heteroatoms. The molecule has 0 atom stereocenters. The van der Waals surface area contributed by atoms with E-state index >= 15 is 0 Å². The van der Waals surface area contributed by atoms with E-state index in [2.05, 4.69) is 0 Å². The third kappa shape index (κ3) is 3.45. The van der Waals surface area contributed by atoms with Gasteiger partial charge < -0.3 is 9.47 Å². The van der Waals surface area contributed by atoms with Gasteiger partial charge in [-0.05, 0) is 30.0 Å². The first-order valence-electron chi connectivity index (χ1n) is 6.24. The quantitative estimate of drug-likeness (QED) is 0.624. The van der Waals surface area contributed by atoms with Gasteiger partial charge in [0.25, 0.3) is 0 Å². The molecule has 0 spiro atoms. The van der Waals surface area contributed by atoms with E-state index in [1.54, 1.807) is 41.8 Å². The highest BCUT2D eigenvalue weighted by Crippen LogP contribution is 2.21. The van der Waals surface area contributed by atoms with E-state index in [4.69, 9.17) is 9.47 Å². The molecule has 0 bridgehead atoms. The Morgan fingerprint density at radius 1 is 1.10 bits per heavy atom. The molecule has 4 nitrogen and oxygen atoms in total. The van der Waals surface area contributed by atoms with Gasteiger partial charge in [-0.15, -0.1) is 11.3 Å². The molecular weight excluding hydrogens is 276 g/mol. The highest BCUT2D eigenvalue weighted by molar-refractivity contribution is 7.12. The van der Waals surface area contributed by atoms with Crippen LogP contribution in [0.4, 0.5) is 0 Å². The average molecular weight is 290 g/mol. The lowest BCUT2D eigenvalue weighted by molar-refractivity contribution is 0.0499. The molecule has 20 heavy (non-hydrogen) atoms. The van der Waals surface area contributed by atoms with Crippen molar-refractivity contribution in [1.82, 2.24) is 0 Å². The number of carbonyl (C=O) groups excluding carboxylic acids is 2. The lowest BCUT2D eigenvalue weighted by Crippen LogP contribution is -2.12. The van der Waals surface area contributed by atoms with Crippen molar-refractivity contribution in [3.05, 3.63) is 52.2 Å². The number of hydrogen-bond acceptors (Lipinski definition) is 5. The molecule has 0 unspecified atom stereocenters. The number of para-hydroxylation sites is 1. The molecule has 0 radical (unpaired) electrons. The zero-order valence-electron chi connectivity index (χ0n) is 11.0. The molecule has 0 saturated carbocycles. The summed E-state index contributed by atoms with van der Waals surface area (Å²) in [5, 5.41) is 1.79. The normalized spacial score (nSPS) is 10.1. The monoisotopic (exact) mass is 290 g/mol. The molecule has 1 heterocycles. The van der Waals surface area contributed by atoms with E-state index in [0.29, 0.717) is 11.5 Å².